The zero-order chi connectivity index (χ0) is 22.1. The van der Waals surface area contributed by atoms with Gasteiger partial charge in [0.25, 0.3) is 0 Å². The van der Waals surface area contributed by atoms with E-state index in [0.717, 1.165) is 38.5 Å². The predicted octanol–water partition coefficient (Wildman–Crippen LogP) is 3.25. The molecule has 1 unspecified atom stereocenters. The fraction of sp³-hybridized carbons (Fsp3) is 0.680. The SMILES string of the molecule is CCNC(=O)N1CCC[C@@]23COCCC(=O)N2C(OC2CCC(c4ccccc4)CC2)[C@@H]13. The molecule has 3 aliphatic heterocycles. The number of carbonyl (C=O) groups excluding carboxylic acids is 2. The third kappa shape index (κ3) is 3.69. The number of piperidine rings is 1. The van der Waals surface area contributed by atoms with Gasteiger partial charge in [-0.2, -0.15) is 0 Å². The molecule has 7 heteroatoms. The van der Waals surface area contributed by atoms with Crippen molar-refractivity contribution < 1.29 is 19.1 Å². The summed E-state index contributed by atoms with van der Waals surface area (Å²) < 4.78 is 12.5. The number of likely N-dealkylation sites (tertiary alicyclic amines) is 1. The Morgan fingerprint density at radius 1 is 1.22 bits per heavy atom. The van der Waals surface area contributed by atoms with Crippen LogP contribution in [0, 0.1) is 0 Å². The fourth-order valence-electron chi connectivity index (χ4n) is 6.34. The Kier molecular flexibility index (Phi) is 6.12. The van der Waals surface area contributed by atoms with Gasteiger partial charge in [-0.1, -0.05) is 30.3 Å². The third-order valence-corrected chi connectivity index (χ3v) is 7.85. The maximum absolute atomic E-state index is 13.1. The number of nitrogens with one attached hydrogen (secondary N) is 1. The van der Waals surface area contributed by atoms with E-state index in [1.165, 1.54) is 5.56 Å². The van der Waals surface area contributed by atoms with Gasteiger partial charge in [0, 0.05) is 13.1 Å². The third-order valence-electron chi connectivity index (χ3n) is 7.85. The zero-order valence-corrected chi connectivity index (χ0v) is 19.0. The highest BCUT2D eigenvalue weighted by Gasteiger charge is 2.68. The van der Waals surface area contributed by atoms with Crippen molar-refractivity contribution in [1.82, 2.24) is 15.1 Å². The molecule has 1 saturated carbocycles. The molecule has 1 spiro atoms. The van der Waals surface area contributed by atoms with Crippen LogP contribution in [0.25, 0.3) is 0 Å². The molecular weight excluding hydrogens is 406 g/mol. The van der Waals surface area contributed by atoms with Crippen LogP contribution >= 0.6 is 0 Å². The average Bonchev–Trinajstić information content (AvgIpc) is 2.93. The minimum absolute atomic E-state index is 0.0608. The Morgan fingerprint density at radius 3 is 2.75 bits per heavy atom. The quantitative estimate of drug-likeness (QED) is 0.779. The van der Waals surface area contributed by atoms with E-state index >= 15 is 0 Å². The molecule has 3 heterocycles. The van der Waals surface area contributed by atoms with Crippen LogP contribution in [0.1, 0.15) is 63.4 Å². The van der Waals surface area contributed by atoms with Gasteiger partial charge in [-0.25, -0.2) is 4.79 Å². The maximum Gasteiger partial charge on any atom is 0.317 e. The van der Waals surface area contributed by atoms with E-state index in [0.29, 0.717) is 38.6 Å². The van der Waals surface area contributed by atoms with E-state index in [1.54, 1.807) is 0 Å². The lowest BCUT2D eigenvalue weighted by atomic mass is 9.71. The van der Waals surface area contributed by atoms with Crippen LogP contribution in [-0.2, 0) is 14.3 Å². The largest absolute Gasteiger partial charge is 0.378 e. The van der Waals surface area contributed by atoms with Crippen molar-refractivity contribution in [3.63, 3.8) is 0 Å². The van der Waals surface area contributed by atoms with Crippen LogP contribution < -0.4 is 5.32 Å². The van der Waals surface area contributed by atoms with Gasteiger partial charge in [-0.05, 0) is 56.9 Å². The summed E-state index contributed by atoms with van der Waals surface area (Å²) in [6, 6.07) is 10.5. The number of rotatable bonds is 4. The number of hydrogen-bond donors (Lipinski definition) is 1. The van der Waals surface area contributed by atoms with Gasteiger partial charge >= 0.3 is 6.03 Å². The normalized spacial score (nSPS) is 34.7. The smallest absolute Gasteiger partial charge is 0.317 e. The van der Waals surface area contributed by atoms with Crippen LogP contribution in [0.5, 0.6) is 0 Å². The summed E-state index contributed by atoms with van der Waals surface area (Å²) in [6.45, 7) is 4.14. The molecular formula is C25H35N3O4. The molecule has 1 aromatic rings. The first-order valence-corrected chi connectivity index (χ1v) is 12.3. The molecule has 5 rings (SSSR count). The Morgan fingerprint density at radius 2 is 2.00 bits per heavy atom. The second-order valence-electron chi connectivity index (χ2n) is 9.66. The lowest BCUT2D eigenvalue weighted by Gasteiger charge is -2.67. The van der Waals surface area contributed by atoms with Gasteiger partial charge in [0.2, 0.25) is 5.91 Å². The molecule has 1 aromatic carbocycles. The second kappa shape index (κ2) is 9.02. The van der Waals surface area contributed by atoms with E-state index < -0.39 is 5.54 Å². The molecule has 4 fully saturated rings. The molecule has 3 atom stereocenters. The van der Waals surface area contributed by atoms with Gasteiger partial charge in [-0.15, -0.1) is 0 Å². The van der Waals surface area contributed by atoms with E-state index in [4.69, 9.17) is 9.47 Å². The molecule has 0 aromatic heterocycles. The van der Waals surface area contributed by atoms with Crippen LogP contribution in [-0.4, -0.2) is 72.0 Å². The minimum Gasteiger partial charge on any atom is -0.378 e. The topological polar surface area (TPSA) is 71.1 Å². The summed E-state index contributed by atoms with van der Waals surface area (Å²) in [5.74, 6) is 0.672. The molecule has 32 heavy (non-hydrogen) atoms. The van der Waals surface area contributed by atoms with E-state index in [9.17, 15) is 9.59 Å². The van der Waals surface area contributed by atoms with Crippen molar-refractivity contribution in [3.8, 4) is 0 Å². The first kappa shape index (κ1) is 21.7. The Bertz CT molecular complexity index is 826. The summed E-state index contributed by atoms with van der Waals surface area (Å²) in [5, 5.41) is 2.95. The number of urea groups is 1. The number of nitrogens with zero attached hydrogens (tertiary/aromatic N) is 2. The second-order valence-corrected chi connectivity index (χ2v) is 9.66. The average molecular weight is 442 g/mol. The van der Waals surface area contributed by atoms with Gasteiger partial charge in [-0.3, -0.25) is 4.79 Å². The molecule has 1 aliphatic carbocycles. The number of benzene rings is 1. The highest BCUT2D eigenvalue weighted by Crippen LogP contribution is 2.49. The standard InChI is InChI=1S/C25H35N3O4/c1-2-26-24(30)27-15-6-14-25-17-31-16-13-21(29)28(25)23(22(25)27)32-20-11-9-19(10-12-20)18-7-4-3-5-8-18/h3-5,7-8,19-20,22-23H,2,6,9-17H2,1H3,(H,26,30)/t19?,20?,22-,23?,25+/m1/s1. The van der Waals surface area contributed by atoms with Crippen molar-refractivity contribution in [2.45, 2.75) is 81.7 Å². The monoisotopic (exact) mass is 441 g/mol. The number of hydrogen-bond acceptors (Lipinski definition) is 4. The molecule has 174 valence electrons. The molecule has 3 saturated heterocycles. The first-order chi connectivity index (χ1) is 15.6. The highest BCUT2D eigenvalue weighted by atomic mass is 16.5. The van der Waals surface area contributed by atoms with E-state index in [-0.39, 0.29) is 30.3 Å². The van der Waals surface area contributed by atoms with Crippen molar-refractivity contribution in [1.29, 1.82) is 0 Å². The van der Waals surface area contributed by atoms with Crippen LogP contribution in [0.2, 0.25) is 0 Å². The van der Waals surface area contributed by atoms with Crippen molar-refractivity contribution in [3.05, 3.63) is 35.9 Å². The number of ether oxygens (including phenoxy) is 2. The Balaban J connectivity index is 1.32. The summed E-state index contributed by atoms with van der Waals surface area (Å²) in [7, 11) is 0. The summed E-state index contributed by atoms with van der Waals surface area (Å²) >= 11 is 0. The zero-order valence-electron chi connectivity index (χ0n) is 19.0. The summed E-state index contributed by atoms with van der Waals surface area (Å²) in [6.07, 6.45) is 6.01. The van der Waals surface area contributed by atoms with Crippen molar-refractivity contribution >= 4 is 11.9 Å². The van der Waals surface area contributed by atoms with Gasteiger partial charge in [0.15, 0.2) is 6.23 Å². The van der Waals surface area contributed by atoms with Gasteiger partial charge < -0.3 is 24.6 Å². The van der Waals surface area contributed by atoms with E-state index in [2.05, 4.69) is 35.6 Å². The molecule has 3 amide bonds. The summed E-state index contributed by atoms with van der Waals surface area (Å²) in [4.78, 5) is 29.8. The maximum atomic E-state index is 13.1. The van der Waals surface area contributed by atoms with Crippen LogP contribution in [0.4, 0.5) is 4.79 Å². The highest BCUT2D eigenvalue weighted by molar-refractivity contribution is 5.81. The fourth-order valence-corrected chi connectivity index (χ4v) is 6.34. The molecule has 0 bridgehead atoms. The molecule has 1 N–H and O–H groups in total. The van der Waals surface area contributed by atoms with Crippen LogP contribution in [0.3, 0.4) is 0 Å². The molecule has 7 nitrogen and oxygen atoms in total. The molecule has 0 radical (unpaired) electrons. The number of carbonyl (C=O) groups is 2. The van der Waals surface area contributed by atoms with Crippen LogP contribution in [0.15, 0.2) is 30.3 Å². The Hall–Kier alpha value is -2.12. The summed E-state index contributed by atoms with van der Waals surface area (Å²) in [5.41, 5.74) is 0.964. The van der Waals surface area contributed by atoms with Crippen molar-refractivity contribution in [2.24, 2.45) is 0 Å². The lowest BCUT2D eigenvalue weighted by Crippen LogP contribution is -2.86. The lowest BCUT2D eigenvalue weighted by molar-refractivity contribution is -0.276. The number of amides is 3. The van der Waals surface area contributed by atoms with E-state index in [1.807, 2.05) is 16.7 Å². The predicted molar refractivity (Wildman–Crippen MR) is 120 cm³/mol. The Labute approximate surface area is 190 Å². The minimum atomic E-state index is -0.442. The van der Waals surface area contributed by atoms with Gasteiger partial charge in [0.05, 0.1) is 31.3 Å². The van der Waals surface area contributed by atoms with Crippen molar-refractivity contribution in [2.75, 3.05) is 26.3 Å². The van der Waals surface area contributed by atoms with Gasteiger partial charge in [0.1, 0.15) is 6.04 Å². The first-order valence-electron chi connectivity index (χ1n) is 12.3. The molecule has 4 aliphatic rings.